The number of rotatable bonds is 10. The van der Waals surface area contributed by atoms with Crippen LogP contribution in [0.4, 0.5) is 0 Å². The third-order valence-corrected chi connectivity index (χ3v) is 4.88. The molecule has 1 rings (SSSR count). The lowest BCUT2D eigenvalue weighted by molar-refractivity contribution is -0.159. The van der Waals surface area contributed by atoms with Gasteiger partial charge in [0.1, 0.15) is 0 Å². The van der Waals surface area contributed by atoms with Gasteiger partial charge >= 0.3 is 0 Å². The summed E-state index contributed by atoms with van der Waals surface area (Å²) in [5.41, 5.74) is -0.0398. The molecule has 1 fully saturated rings. The van der Waals surface area contributed by atoms with E-state index in [0.29, 0.717) is 5.92 Å². The van der Waals surface area contributed by atoms with Crippen LogP contribution in [0.2, 0.25) is 0 Å². The SMILES string of the molecule is CCCCCCC1(OC)CCCC(OC)C1COCC. The van der Waals surface area contributed by atoms with Gasteiger partial charge in [-0.2, -0.15) is 0 Å². The summed E-state index contributed by atoms with van der Waals surface area (Å²) in [4.78, 5) is 0. The topological polar surface area (TPSA) is 27.7 Å². The van der Waals surface area contributed by atoms with Gasteiger partial charge in [0.25, 0.3) is 0 Å². The van der Waals surface area contributed by atoms with E-state index in [0.717, 1.165) is 32.5 Å². The van der Waals surface area contributed by atoms with Gasteiger partial charge in [-0.3, -0.25) is 0 Å². The van der Waals surface area contributed by atoms with Crippen molar-refractivity contribution in [2.24, 2.45) is 5.92 Å². The van der Waals surface area contributed by atoms with Gasteiger partial charge in [-0.1, -0.05) is 32.6 Å². The first-order valence-electron chi connectivity index (χ1n) is 8.39. The zero-order valence-electron chi connectivity index (χ0n) is 14.0. The van der Waals surface area contributed by atoms with Crippen LogP contribution in [0.25, 0.3) is 0 Å². The summed E-state index contributed by atoms with van der Waals surface area (Å²) < 4.78 is 17.5. The van der Waals surface area contributed by atoms with Crippen LogP contribution in [0.5, 0.6) is 0 Å². The second-order valence-electron chi connectivity index (χ2n) is 6.01. The van der Waals surface area contributed by atoms with E-state index in [-0.39, 0.29) is 11.7 Å². The van der Waals surface area contributed by atoms with E-state index in [4.69, 9.17) is 14.2 Å². The Hall–Kier alpha value is -0.120. The molecule has 3 unspecified atom stereocenters. The van der Waals surface area contributed by atoms with E-state index >= 15 is 0 Å². The molecule has 0 radical (unpaired) electrons. The minimum Gasteiger partial charge on any atom is -0.381 e. The summed E-state index contributed by atoms with van der Waals surface area (Å²) in [6, 6.07) is 0. The molecule has 20 heavy (non-hydrogen) atoms. The Morgan fingerprint density at radius 2 is 1.90 bits per heavy atom. The predicted octanol–water partition coefficient (Wildman–Crippen LogP) is 4.19. The van der Waals surface area contributed by atoms with E-state index in [9.17, 15) is 0 Å². The van der Waals surface area contributed by atoms with Crippen molar-refractivity contribution in [3.63, 3.8) is 0 Å². The second-order valence-corrected chi connectivity index (χ2v) is 6.01. The van der Waals surface area contributed by atoms with Crippen LogP contribution in [0.3, 0.4) is 0 Å². The lowest BCUT2D eigenvalue weighted by Crippen LogP contribution is -2.51. The first kappa shape index (κ1) is 17.9. The van der Waals surface area contributed by atoms with E-state index in [2.05, 4.69) is 13.8 Å². The molecule has 3 heteroatoms. The number of methoxy groups -OCH3 is 2. The lowest BCUT2D eigenvalue weighted by Gasteiger charge is -2.46. The van der Waals surface area contributed by atoms with Crippen molar-refractivity contribution < 1.29 is 14.2 Å². The fourth-order valence-electron chi connectivity index (χ4n) is 3.63. The zero-order valence-corrected chi connectivity index (χ0v) is 14.0. The molecule has 0 heterocycles. The first-order chi connectivity index (χ1) is 9.74. The molecule has 0 N–H and O–H groups in total. The van der Waals surface area contributed by atoms with Gasteiger partial charge < -0.3 is 14.2 Å². The minimum absolute atomic E-state index is 0.0398. The van der Waals surface area contributed by atoms with Crippen LogP contribution in [-0.2, 0) is 14.2 Å². The summed E-state index contributed by atoms with van der Waals surface area (Å²) in [5.74, 6) is 0.368. The lowest BCUT2D eigenvalue weighted by atomic mass is 9.71. The molecule has 0 aliphatic heterocycles. The highest BCUT2D eigenvalue weighted by molar-refractivity contribution is 4.96. The van der Waals surface area contributed by atoms with Crippen molar-refractivity contribution in [1.82, 2.24) is 0 Å². The Morgan fingerprint density at radius 3 is 2.50 bits per heavy atom. The highest BCUT2D eigenvalue weighted by Crippen LogP contribution is 2.41. The molecule has 1 saturated carbocycles. The number of ether oxygens (including phenoxy) is 3. The normalized spacial score (nSPS) is 30.6. The highest BCUT2D eigenvalue weighted by Gasteiger charge is 2.45. The molecule has 0 amide bonds. The van der Waals surface area contributed by atoms with Crippen LogP contribution in [0.1, 0.15) is 65.2 Å². The molecule has 0 spiro atoms. The monoisotopic (exact) mass is 286 g/mol. The summed E-state index contributed by atoms with van der Waals surface area (Å²) in [6.07, 6.45) is 10.1. The van der Waals surface area contributed by atoms with Gasteiger partial charge in [-0.25, -0.2) is 0 Å². The molecule has 0 aromatic rings. The molecule has 0 saturated heterocycles. The van der Waals surface area contributed by atoms with Crippen LogP contribution in [0, 0.1) is 5.92 Å². The smallest absolute Gasteiger partial charge is 0.0753 e. The predicted molar refractivity (Wildman–Crippen MR) is 83.1 cm³/mol. The maximum absolute atomic E-state index is 6.04. The van der Waals surface area contributed by atoms with Gasteiger partial charge in [0.05, 0.1) is 18.3 Å². The Balaban J connectivity index is 2.69. The molecule has 0 aromatic heterocycles. The number of unbranched alkanes of at least 4 members (excludes halogenated alkanes) is 3. The molecule has 120 valence electrons. The van der Waals surface area contributed by atoms with E-state index in [1.54, 1.807) is 0 Å². The fourth-order valence-corrected chi connectivity index (χ4v) is 3.63. The van der Waals surface area contributed by atoms with Crippen LogP contribution < -0.4 is 0 Å². The quantitative estimate of drug-likeness (QED) is 0.563. The second kappa shape index (κ2) is 9.75. The van der Waals surface area contributed by atoms with Gasteiger partial charge in [0, 0.05) is 26.7 Å². The molecule has 3 atom stereocenters. The molecule has 1 aliphatic rings. The molecule has 0 aromatic carbocycles. The fraction of sp³-hybridized carbons (Fsp3) is 1.00. The summed E-state index contributed by atoms with van der Waals surface area (Å²) in [5, 5.41) is 0. The van der Waals surface area contributed by atoms with Gasteiger partial charge in [0.2, 0.25) is 0 Å². The minimum atomic E-state index is -0.0398. The molecule has 1 aliphatic carbocycles. The summed E-state index contributed by atoms with van der Waals surface area (Å²) in [7, 11) is 3.70. The van der Waals surface area contributed by atoms with Crippen LogP contribution in [-0.4, -0.2) is 39.1 Å². The van der Waals surface area contributed by atoms with Crippen LogP contribution in [0.15, 0.2) is 0 Å². The summed E-state index contributed by atoms with van der Waals surface area (Å²) >= 11 is 0. The highest BCUT2D eigenvalue weighted by atomic mass is 16.5. The van der Waals surface area contributed by atoms with Crippen molar-refractivity contribution >= 4 is 0 Å². The Morgan fingerprint density at radius 1 is 1.10 bits per heavy atom. The van der Waals surface area contributed by atoms with E-state index in [1.807, 2.05) is 14.2 Å². The van der Waals surface area contributed by atoms with Gasteiger partial charge in [0.15, 0.2) is 0 Å². The molecule has 3 nitrogen and oxygen atoms in total. The first-order valence-corrected chi connectivity index (χ1v) is 8.39. The Kier molecular flexibility index (Phi) is 8.74. The third kappa shape index (κ3) is 4.71. The molecular weight excluding hydrogens is 252 g/mol. The van der Waals surface area contributed by atoms with E-state index < -0.39 is 0 Å². The van der Waals surface area contributed by atoms with Crippen molar-refractivity contribution in [2.75, 3.05) is 27.4 Å². The number of hydrogen-bond donors (Lipinski definition) is 0. The summed E-state index contributed by atoms with van der Waals surface area (Å²) in [6.45, 7) is 5.84. The number of hydrogen-bond acceptors (Lipinski definition) is 3. The van der Waals surface area contributed by atoms with Crippen molar-refractivity contribution in [1.29, 1.82) is 0 Å². The molecule has 0 bridgehead atoms. The van der Waals surface area contributed by atoms with Gasteiger partial charge in [-0.15, -0.1) is 0 Å². The van der Waals surface area contributed by atoms with E-state index in [1.165, 1.54) is 32.1 Å². The van der Waals surface area contributed by atoms with Crippen molar-refractivity contribution in [3.05, 3.63) is 0 Å². The zero-order chi connectivity index (χ0) is 14.8. The van der Waals surface area contributed by atoms with Gasteiger partial charge in [-0.05, 0) is 32.6 Å². The van der Waals surface area contributed by atoms with Crippen molar-refractivity contribution in [2.45, 2.75) is 76.9 Å². The van der Waals surface area contributed by atoms with Crippen LogP contribution >= 0.6 is 0 Å². The standard InChI is InChI=1S/C17H34O3/c1-5-7-8-9-12-17(19-4)13-10-11-16(18-3)15(17)14-20-6-2/h15-16H,5-14H2,1-4H3. The maximum atomic E-state index is 6.04. The van der Waals surface area contributed by atoms with Crippen molar-refractivity contribution in [3.8, 4) is 0 Å². The average molecular weight is 286 g/mol. The maximum Gasteiger partial charge on any atom is 0.0753 e. The third-order valence-electron chi connectivity index (χ3n) is 4.88. The molecular formula is C17H34O3. The Labute approximate surface area is 125 Å². The largest absolute Gasteiger partial charge is 0.381 e. The average Bonchev–Trinajstić information content (AvgIpc) is 2.49. The Bertz CT molecular complexity index is 244.